The number of carbonyl (C=O) groups is 7. The number of carboxylic acids is 3. The van der Waals surface area contributed by atoms with Gasteiger partial charge in [-0.3, -0.25) is 53.2 Å². The number of carboxylic acid groups (broad SMARTS) is 3. The van der Waals surface area contributed by atoms with Crippen molar-refractivity contribution in [2.24, 2.45) is 5.73 Å². The van der Waals surface area contributed by atoms with Gasteiger partial charge in [0.25, 0.3) is 0 Å². The van der Waals surface area contributed by atoms with Gasteiger partial charge in [-0.1, -0.05) is 11.8 Å². The van der Waals surface area contributed by atoms with Crippen LogP contribution in [0.1, 0.15) is 6.42 Å². The van der Waals surface area contributed by atoms with Crippen molar-refractivity contribution in [2.75, 3.05) is 91.3 Å². The molecule has 0 bridgehead atoms. The first-order valence-electron chi connectivity index (χ1n) is 12.8. The predicted octanol–water partition coefficient (Wildman–Crippen LogP) is -4.17. The standard InChI is InChI=1S/C23H39N7O10S/c1-41-22(39)11-25-23(40)16(10-17(24)31)26-18(32)12-27-2-4-28(13-19(33)34)6-8-30(15-21(37)38)9-7-29(5-3-27)14-20(35)36/h16H,2-15H2,1H3,(H2,24,31)(H,25,40)(H,26,32)(H,33,34)(H,35,36)(H,37,38)/t16-/m1/s1. The molecular formula is C23H39N7O10S. The van der Waals surface area contributed by atoms with Gasteiger partial charge in [-0.15, -0.1) is 0 Å². The molecule has 0 spiro atoms. The second-order valence-electron chi connectivity index (χ2n) is 9.37. The van der Waals surface area contributed by atoms with Crippen LogP contribution in [0.15, 0.2) is 0 Å². The lowest BCUT2D eigenvalue weighted by atomic mass is 10.1. The van der Waals surface area contributed by atoms with Crippen molar-refractivity contribution in [1.29, 1.82) is 0 Å². The third-order valence-corrected chi connectivity index (χ3v) is 6.66. The SMILES string of the molecule is CSC(=O)CNC(=O)[C@@H](CC(N)=O)NC(=O)CN1CCN(CC(=O)O)CCN(CC(=O)O)CCN(CC(=O)O)CC1. The second-order valence-corrected chi connectivity index (χ2v) is 10.2. The normalized spacial score (nSPS) is 17.4. The molecule has 1 rings (SSSR count). The zero-order chi connectivity index (χ0) is 30.9. The highest BCUT2D eigenvalue weighted by Gasteiger charge is 2.25. The molecule has 1 atom stereocenters. The van der Waals surface area contributed by atoms with E-state index in [2.05, 4.69) is 10.6 Å². The second kappa shape index (κ2) is 18.9. The number of hydrogen-bond donors (Lipinski definition) is 6. The topological polar surface area (TPSA) is 243 Å². The van der Waals surface area contributed by atoms with E-state index in [4.69, 9.17) is 5.73 Å². The van der Waals surface area contributed by atoms with Gasteiger partial charge in [-0.25, -0.2) is 0 Å². The van der Waals surface area contributed by atoms with E-state index in [9.17, 15) is 48.9 Å². The number of thioether (sulfide) groups is 1. The third kappa shape index (κ3) is 16.5. The van der Waals surface area contributed by atoms with Crippen molar-refractivity contribution >= 4 is 52.5 Å². The Morgan fingerprint density at radius 1 is 0.707 bits per heavy atom. The number of nitrogens with one attached hydrogen (secondary N) is 2. The van der Waals surface area contributed by atoms with Crippen molar-refractivity contribution in [3.8, 4) is 0 Å². The van der Waals surface area contributed by atoms with E-state index in [1.807, 2.05) is 0 Å². The summed E-state index contributed by atoms with van der Waals surface area (Å²) in [7, 11) is 0. The minimum Gasteiger partial charge on any atom is -0.480 e. The molecule has 1 heterocycles. The first-order chi connectivity index (χ1) is 19.3. The van der Waals surface area contributed by atoms with Crippen molar-refractivity contribution in [2.45, 2.75) is 12.5 Å². The Morgan fingerprint density at radius 2 is 1.07 bits per heavy atom. The van der Waals surface area contributed by atoms with Crippen LogP contribution >= 0.6 is 11.8 Å². The van der Waals surface area contributed by atoms with Crippen LogP contribution in [0.4, 0.5) is 0 Å². The van der Waals surface area contributed by atoms with Gasteiger partial charge in [0.15, 0.2) is 0 Å². The van der Waals surface area contributed by atoms with Crippen LogP contribution in [-0.4, -0.2) is 173 Å². The zero-order valence-electron chi connectivity index (χ0n) is 23.0. The molecule has 0 aromatic rings. The quantitative estimate of drug-likeness (QED) is 0.110. The number of nitrogens with zero attached hydrogens (tertiary/aromatic N) is 4. The summed E-state index contributed by atoms with van der Waals surface area (Å²) < 4.78 is 0. The van der Waals surface area contributed by atoms with Gasteiger partial charge >= 0.3 is 17.9 Å². The van der Waals surface area contributed by atoms with Crippen LogP contribution in [0.25, 0.3) is 0 Å². The van der Waals surface area contributed by atoms with Crippen LogP contribution < -0.4 is 16.4 Å². The number of hydrogen-bond acceptors (Lipinski definition) is 12. The number of nitrogens with two attached hydrogens (primary N) is 1. The molecule has 18 heteroatoms. The summed E-state index contributed by atoms with van der Waals surface area (Å²) in [5, 5.41) is 32.4. The molecule has 0 unspecified atom stereocenters. The van der Waals surface area contributed by atoms with E-state index < -0.39 is 48.1 Å². The molecule has 0 aromatic carbocycles. The Hall–Kier alpha value is -3.32. The lowest BCUT2D eigenvalue weighted by molar-refractivity contribution is -0.140. The molecule has 232 valence electrons. The Labute approximate surface area is 241 Å². The molecule has 0 aromatic heterocycles. The average molecular weight is 606 g/mol. The molecule has 1 aliphatic heterocycles. The van der Waals surface area contributed by atoms with E-state index in [0.717, 1.165) is 11.8 Å². The molecule has 0 saturated carbocycles. The maximum atomic E-state index is 12.9. The van der Waals surface area contributed by atoms with Gasteiger partial charge in [0.2, 0.25) is 22.8 Å². The highest BCUT2D eigenvalue weighted by Crippen LogP contribution is 2.02. The molecule has 1 saturated heterocycles. The predicted molar refractivity (Wildman–Crippen MR) is 146 cm³/mol. The number of carbonyl (C=O) groups excluding carboxylic acids is 4. The fourth-order valence-electron chi connectivity index (χ4n) is 3.99. The van der Waals surface area contributed by atoms with Crippen molar-refractivity contribution in [3.05, 3.63) is 0 Å². The highest BCUT2D eigenvalue weighted by molar-refractivity contribution is 8.13. The first-order valence-corrected chi connectivity index (χ1v) is 14.0. The molecule has 3 amide bonds. The van der Waals surface area contributed by atoms with Crippen molar-refractivity contribution in [1.82, 2.24) is 30.2 Å². The molecule has 0 radical (unpaired) electrons. The minimum atomic E-state index is -1.32. The van der Waals surface area contributed by atoms with Gasteiger partial charge < -0.3 is 31.7 Å². The van der Waals surface area contributed by atoms with Crippen LogP contribution in [-0.2, 0) is 33.6 Å². The summed E-state index contributed by atoms with van der Waals surface area (Å²) in [6.45, 7) is 0.159. The van der Waals surface area contributed by atoms with E-state index in [-0.39, 0.29) is 90.2 Å². The zero-order valence-corrected chi connectivity index (χ0v) is 23.8. The summed E-state index contributed by atoms with van der Waals surface area (Å²) in [5.74, 6) is -5.49. The van der Waals surface area contributed by atoms with Crippen molar-refractivity contribution in [3.63, 3.8) is 0 Å². The molecule has 1 aliphatic rings. The number of amides is 3. The van der Waals surface area contributed by atoms with Crippen LogP contribution in [0.5, 0.6) is 0 Å². The maximum Gasteiger partial charge on any atom is 0.317 e. The van der Waals surface area contributed by atoms with Gasteiger partial charge in [0.1, 0.15) is 6.04 Å². The smallest absolute Gasteiger partial charge is 0.317 e. The van der Waals surface area contributed by atoms with E-state index >= 15 is 0 Å². The Kier molecular flexibility index (Phi) is 16.5. The Bertz CT molecular complexity index is 922. The molecule has 7 N–H and O–H groups in total. The fraction of sp³-hybridized carbons (Fsp3) is 0.696. The van der Waals surface area contributed by atoms with Gasteiger partial charge in [0.05, 0.1) is 39.1 Å². The van der Waals surface area contributed by atoms with Crippen LogP contribution in [0.3, 0.4) is 0 Å². The number of rotatable bonds is 14. The lowest BCUT2D eigenvalue weighted by Gasteiger charge is -2.33. The van der Waals surface area contributed by atoms with E-state index in [0.29, 0.717) is 0 Å². The highest BCUT2D eigenvalue weighted by atomic mass is 32.2. The average Bonchev–Trinajstić information content (AvgIpc) is 2.86. The molecule has 1 fully saturated rings. The van der Waals surface area contributed by atoms with Crippen LogP contribution in [0, 0.1) is 0 Å². The fourth-order valence-corrected chi connectivity index (χ4v) is 4.21. The molecule has 17 nitrogen and oxygen atoms in total. The lowest BCUT2D eigenvalue weighted by Crippen LogP contribution is -2.53. The van der Waals surface area contributed by atoms with E-state index in [1.165, 1.54) is 6.26 Å². The number of primary amides is 1. The molecular weight excluding hydrogens is 566 g/mol. The third-order valence-electron chi connectivity index (χ3n) is 6.07. The largest absolute Gasteiger partial charge is 0.480 e. The summed E-state index contributed by atoms with van der Waals surface area (Å²) >= 11 is 0.900. The summed E-state index contributed by atoms with van der Waals surface area (Å²) in [4.78, 5) is 89.0. The summed E-state index contributed by atoms with van der Waals surface area (Å²) in [6, 6.07) is -1.32. The summed E-state index contributed by atoms with van der Waals surface area (Å²) in [5.41, 5.74) is 5.22. The first kappa shape index (κ1) is 35.7. The Morgan fingerprint density at radius 3 is 1.39 bits per heavy atom. The Balaban J connectivity index is 3.03. The van der Waals surface area contributed by atoms with E-state index in [1.54, 1.807) is 19.6 Å². The van der Waals surface area contributed by atoms with Gasteiger partial charge in [-0.05, 0) is 6.26 Å². The summed E-state index contributed by atoms with van der Waals surface area (Å²) in [6.07, 6.45) is 1.03. The van der Waals surface area contributed by atoms with Crippen LogP contribution in [0.2, 0.25) is 0 Å². The number of aliphatic carboxylic acids is 3. The van der Waals surface area contributed by atoms with Gasteiger partial charge in [0, 0.05) is 52.4 Å². The molecule has 0 aliphatic carbocycles. The monoisotopic (exact) mass is 605 g/mol. The van der Waals surface area contributed by atoms with Crippen molar-refractivity contribution < 1.29 is 48.9 Å². The maximum absolute atomic E-state index is 12.9. The van der Waals surface area contributed by atoms with Gasteiger partial charge in [-0.2, -0.15) is 0 Å². The minimum absolute atomic E-state index is 0.190. The molecule has 41 heavy (non-hydrogen) atoms.